The second-order valence-corrected chi connectivity index (χ2v) is 3.82. The van der Waals surface area contributed by atoms with Crippen LogP contribution in [0.2, 0.25) is 0 Å². The Morgan fingerprint density at radius 2 is 1.79 bits per heavy atom. The van der Waals surface area contributed by atoms with Gasteiger partial charge in [0.05, 0.1) is 16.9 Å². The van der Waals surface area contributed by atoms with E-state index in [4.69, 9.17) is 5.73 Å². The van der Waals surface area contributed by atoms with Crippen LogP contribution in [0.15, 0.2) is 18.2 Å². The maximum absolute atomic E-state index is 5.82. The SMILES string of the molecule is Cc1cc(C)c2nc(C)c(N)cc2c1. The summed E-state index contributed by atoms with van der Waals surface area (Å²) in [5.41, 5.74) is 11.0. The van der Waals surface area contributed by atoms with Gasteiger partial charge in [0.25, 0.3) is 0 Å². The van der Waals surface area contributed by atoms with E-state index < -0.39 is 0 Å². The molecule has 0 bridgehead atoms. The van der Waals surface area contributed by atoms with Gasteiger partial charge in [0, 0.05) is 5.39 Å². The molecule has 2 nitrogen and oxygen atoms in total. The minimum atomic E-state index is 0.766. The van der Waals surface area contributed by atoms with Crippen LogP contribution in [0, 0.1) is 20.8 Å². The van der Waals surface area contributed by atoms with Crippen molar-refractivity contribution in [2.75, 3.05) is 5.73 Å². The van der Waals surface area contributed by atoms with Gasteiger partial charge in [-0.15, -0.1) is 0 Å². The molecule has 2 rings (SSSR count). The Morgan fingerprint density at radius 3 is 2.50 bits per heavy atom. The van der Waals surface area contributed by atoms with E-state index in [1.165, 1.54) is 11.1 Å². The summed E-state index contributed by atoms with van der Waals surface area (Å²) in [4.78, 5) is 4.49. The van der Waals surface area contributed by atoms with Gasteiger partial charge < -0.3 is 5.73 Å². The number of benzene rings is 1. The molecule has 0 atom stereocenters. The number of rotatable bonds is 0. The molecule has 1 aromatic heterocycles. The molecule has 0 amide bonds. The lowest BCUT2D eigenvalue weighted by atomic mass is 10.1. The van der Waals surface area contributed by atoms with Gasteiger partial charge in [-0.05, 0) is 38.5 Å². The van der Waals surface area contributed by atoms with Crippen LogP contribution in [0.4, 0.5) is 5.69 Å². The zero-order chi connectivity index (χ0) is 10.3. The minimum absolute atomic E-state index is 0.766. The first-order valence-electron chi connectivity index (χ1n) is 4.72. The Hall–Kier alpha value is -1.57. The monoisotopic (exact) mass is 186 g/mol. The van der Waals surface area contributed by atoms with Crippen LogP contribution in [0.25, 0.3) is 10.9 Å². The highest BCUT2D eigenvalue weighted by Gasteiger charge is 2.03. The predicted octanol–water partition coefficient (Wildman–Crippen LogP) is 2.74. The van der Waals surface area contributed by atoms with E-state index in [2.05, 4.69) is 31.0 Å². The highest BCUT2D eigenvalue weighted by Crippen LogP contribution is 2.22. The van der Waals surface area contributed by atoms with E-state index in [9.17, 15) is 0 Å². The highest BCUT2D eigenvalue weighted by molar-refractivity contribution is 5.85. The lowest BCUT2D eigenvalue weighted by Gasteiger charge is -2.06. The summed E-state index contributed by atoms with van der Waals surface area (Å²) in [7, 11) is 0. The third kappa shape index (κ3) is 1.33. The Labute approximate surface area is 83.8 Å². The standard InChI is InChI=1S/C12H14N2/c1-7-4-8(2)12-10(5-7)6-11(13)9(3)14-12/h4-6H,13H2,1-3H3. The van der Waals surface area contributed by atoms with Gasteiger partial charge >= 0.3 is 0 Å². The van der Waals surface area contributed by atoms with E-state index in [1.54, 1.807) is 0 Å². The van der Waals surface area contributed by atoms with Gasteiger partial charge in [-0.2, -0.15) is 0 Å². The summed E-state index contributed by atoms with van der Waals surface area (Å²) in [6.45, 7) is 6.11. The fourth-order valence-corrected chi connectivity index (χ4v) is 1.76. The highest BCUT2D eigenvalue weighted by atomic mass is 14.7. The van der Waals surface area contributed by atoms with Gasteiger partial charge in [-0.3, -0.25) is 4.98 Å². The molecule has 0 saturated heterocycles. The molecular formula is C12H14N2. The molecule has 0 aliphatic carbocycles. The van der Waals surface area contributed by atoms with Crippen LogP contribution in [-0.4, -0.2) is 4.98 Å². The number of nitrogen functional groups attached to an aromatic ring is 1. The maximum atomic E-state index is 5.82. The molecule has 0 saturated carbocycles. The van der Waals surface area contributed by atoms with Crippen LogP contribution in [-0.2, 0) is 0 Å². The quantitative estimate of drug-likeness (QED) is 0.687. The van der Waals surface area contributed by atoms with E-state index >= 15 is 0 Å². The normalized spacial score (nSPS) is 10.8. The molecular weight excluding hydrogens is 172 g/mol. The van der Waals surface area contributed by atoms with Gasteiger partial charge in [-0.25, -0.2) is 0 Å². The second-order valence-electron chi connectivity index (χ2n) is 3.82. The zero-order valence-electron chi connectivity index (χ0n) is 8.76. The molecule has 1 heterocycles. The van der Waals surface area contributed by atoms with Crippen molar-refractivity contribution in [3.63, 3.8) is 0 Å². The summed E-state index contributed by atoms with van der Waals surface area (Å²) >= 11 is 0. The Balaban J connectivity index is 2.89. The molecule has 14 heavy (non-hydrogen) atoms. The molecule has 72 valence electrons. The topological polar surface area (TPSA) is 38.9 Å². The zero-order valence-corrected chi connectivity index (χ0v) is 8.76. The molecule has 0 spiro atoms. The Morgan fingerprint density at radius 1 is 1.07 bits per heavy atom. The number of nitrogens with zero attached hydrogens (tertiary/aromatic N) is 1. The van der Waals surface area contributed by atoms with Crippen molar-refractivity contribution >= 4 is 16.6 Å². The van der Waals surface area contributed by atoms with Crippen molar-refractivity contribution in [3.8, 4) is 0 Å². The molecule has 2 N–H and O–H groups in total. The summed E-state index contributed by atoms with van der Waals surface area (Å²) < 4.78 is 0. The van der Waals surface area contributed by atoms with Crippen LogP contribution < -0.4 is 5.73 Å². The van der Waals surface area contributed by atoms with Gasteiger partial charge in [0.15, 0.2) is 0 Å². The van der Waals surface area contributed by atoms with E-state index in [-0.39, 0.29) is 0 Å². The number of fused-ring (bicyclic) bond motifs is 1. The van der Waals surface area contributed by atoms with Gasteiger partial charge in [-0.1, -0.05) is 11.6 Å². The van der Waals surface area contributed by atoms with Crippen molar-refractivity contribution in [2.24, 2.45) is 0 Å². The van der Waals surface area contributed by atoms with E-state index in [1.807, 2.05) is 13.0 Å². The first-order chi connectivity index (χ1) is 6.58. The van der Waals surface area contributed by atoms with Gasteiger partial charge in [0.1, 0.15) is 0 Å². The average molecular weight is 186 g/mol. The van der Waals surface area contributed by atoms with Crippen molar-refractivity contribution in [1.29, 1.82) is 0 Å². The fraction of sp³-hybridized carbons (Fsp3) is 0.250. The summed E-state index contributed by atoms with van der Waals surface area (Å²) in [5, 5.41) is 1.13. The molecule has 0 radical (unpaired) electrons. The summed E-state index contributed by atoms with van der Waals surface area (Å²) in [6, 6.07) is 6.26. The fourth-order valence-electron chi connectivity index (χ4n) is 1.76. The molecule has 2 aromatic rings. The molecule has 0 fully saturated rings. The van der Waals surface area contributed by atoms with Crippen LogP contribution >= 0.6 is 0 Å². The van der Waals surface area contributed by atoms with Crippen molar-refractivity contribution in [2.45, 2.75) is 20.8 Å². The molecule has 2 heteroatoms. The first kappa shape index (κ1) is 9.00. The lowest BCUT2D eigenvalue weighted by molar-refractivity contribution is 1.24. The van der Waals surface area contributed by atoms with Crippen LogP contribution in [0.1, 0.15) is 16.8 Å². The number of aromatic nitrogens is 1. The third-order valence-corrected chi connectivity index (χ3v) is 2.48. The van der Waals surface area contributed by atoms with E-state index in [0.717, 1.165) is 22.3 Å². The number of hydrogen-bond donors (Lipinski definition) is 1. The molecule has 0 aliphatic rings. The smallest absolute Gasteiger partial charge is 0.0736 e. The summed E-state index contributed by atoms with van der Waals surface area (Å²) in [6.07, 6.45) is 0. The molecule has 1 aromatic carbocycles. The average Bonchev–Trinajstić information content (AvgIpc) is 2.08. The maximum Gasteiger partial charge on any atom is 0.0736 e. The second kappa shape index (κ2) is 2.98. The van der Waals surface area contributed by atoms with Crippen molar-refractivity contribution < 1.29 is 0 Å². The van der Waals surface area contributed by atoms with Crippen molar-refractivity contribution in [1.82, 2.24) is 4.98 Å². The van der Waals surface area contributed by atoms with Crippen LogP contribution in [0.3, 0.4) is 0 Å². The van der Waals surface area contributed by atoms with Crippen molar-refractivity contribution in [3.05, 3.63) is 35.0 Å². The molecule has 0 unspecified atom stereocenters. The Kier molecular flexibility index (Phi) is 1.92. The van der Waals surface area contributed by atoms with Crippen LogP contribution in [0.5, 0.6) is 0 Å². The summed E-state index contributed by atoms with van der Waals surface area (Å²) in [5.74, 6) is 0. The minimum Gasteiger partial charge on any atom is -0.397 e. The largest absolute Gasteiger partial charge is 0.397 e. The number of pyridine rings is 1. The van der Waals surface area contributed by atoms with Gasteiger partial charge in [0.2, 0.25) is 0 Å². The lowest BCUT2D eigenvalue weighted by Crippen LogP contribution is -1.95. The van der Waals surface area contributed by atoms with E-state index in [0.29, 0.717) is 0 Å². The number of anilines is 1. The number of nitrogens with two attached hydrogens (primary N) is 1. The third-order valence-electron chi connectivity index (χ3n) is 2.48. The first-order valence-corrected chi connectivity index (χ1v) is 4.72. The number of aryl methyl sites for hydroxylation is 3. The Bertz CT molecular complexity index is 501. The number of hydrogen-bond acceptors (Lipinski definition) is 2. The molecule has 0 aliphatic heterocycles. The predicted molar refractivity (Wildman–Crippen MR) is 60.4 cm³/mol.